The molecule has 0 fully saturated rings. The van der Waals surface area contributed by atoms with E-state index in [9.17, 15) is 4.79 Å². The minimum atomic E-state index is -0.0626. The van der Waals surface area contributed by atoms with Gasteiger partial charge in [0, 0.05) is 27.9 Å². The molecule has 26 heavy (non-hydrogen) atoms. The molecular formula is C18H16BrN3O3S. The summed E-state index contributed by atoms with van der Waals surface area (Å²) in [5.74, 6) is 1.62. The van der Waals surface area contributed by atoms with E-state index in [0.29, 0.717) is 23.3 Å². The Bertz CT molecular complexity index is 883. The molecule has 1 heterocycles. The first-order valence-corrected chi connectivity index (χ1v) is 9.58. The standard InChI is InChI=1S/C18H16BrN3O3S/c1-24-15-4-2-3-12(11-15)17-21-22-18(25-17)26-10-9-16(23)20-14-7-5-13(19)6-8-14/h2-8,11H,9-10H2,1H3,(H,20,23). The number of nitrogens with one attached hydrogen (secondary N) is 1. The third kappa shape index (κ3) is 5.09. The molecule has 0 bridgehead atoms. The lowest BCUT2D eigenvalue weighted by Crippen LogP contribution is -2.11. The summed E-state index contributed by atoms with van der Waals surface area (Å²) < 4.78 is 11.8. The molecule has 0 radical (unpaired) electrons. The molecule has 0 saturated carbocycles. The van der Waals surface area contributed by atoms with Crippen LogP contribution in [0.4, 0.5) is 5.69 Å². The Morgan fingerprint density at radius 3 is 2.81 bits per heavy atom. The molecule has 3 aromatic rings. The second-order valence-electron chi connectivity index (χ2n) is 5.26. The Morgan fingerprint density at radius 2 is 2.04 bits per heavy atom. The van der Waals surface area contributed by atoms with E-state index in [2.05, 4.69) is 31.4 Å². The predicted octanol–water partition coefficient (Wildman–Crippen LogP) is 4.63. The molecule has 0 aliphatic heterocycles. The van der Waals surface area contributed by atoms with E-state index in [1.165, 1.54) is 11.8 Å². The molecule has 134 valence electrons. The van der Waals surface area contributed by atoms with Crippen LogP contribution in [0.3, 0.4) is 0 Å². The summed E-state index contributed by atoms with van der Waals surface area (Å²) >= 11 is 4.71. The van der Waals surface area contributed by atoms with Crippen molar-refractivity contribution in [1.82, 2.24) is 10.2 Å². The number of thioether (sulfide) groups is 1. The van der Waals surface area contributed by atoms with Crippen molar-refractivity contribution in [3.8, 4) is 17.2 Å². The first-order chi connectivity index (χ1) is 12.6. The lowest BCUT2D eigenvalue weighted by molar-refractivity contribution is -0.115. The highest BCUT2D eigenvalue weighted by Crippen LogP contribution is 2.26. The number of anilines is 1. The minimum Gasteiger partial charge on any atom is -0.497 e. The Labute approximate surface area is 163 Å². The monoisotopic (exact) mass is 433 g/mol. The molecule has 2 aromatic carbocycles. The molecule has 3 rings (SSSR count). The van der Waals surface area contributed by atoms with Gasteiger partial charge in [-0.25, -0.2) is 0 Å². The third-order valence-corrected chi connectivity index (χ3v) is 4.75. The lowest BCUT2D eigenvalue weighted by Gasteiger charge is -2.04. The second kappa shape index (κ2) is 8.86. The van der Waals surface area contributed by atoms with E-state index < -0.39 is 0 Å². The van der Waals surface area contributed by atoms with Crippen LogP contribution in [0, 0.1) is 0 Å². The summed E-state index contributed by atoms with van der Waals surface area (Å²) in [7, 11) is 1.60. The number of carbonyl (C=O) groups excluding carboxylic acids is 1. The quantitative estimate of drug-likeness (QED) is 0.547. The minimum absolute atomic E-state index is 0.0626. The molecule has 0 atom stereocenters. The van der Waals surface area contributed by atoms with E-state index in [0.717, 1.165) is 21.5 Å². The van der Waals surface area contributed by atoms with E-state index in [1.807, 2.05) is 48.5 Å². The first-order valence-electron chi connectivity index (χ1n) is 7.80. The van der Waals surface area contributed by atoms with Gasteiger partial charge < -0.3 is 14.5 Å². The van der Waals surface area contributed by atoms with E-state index in [4.69, 9.17) is 9.15 Å². The zero-order valence-electron chi connectivity index (χ0n) is 13.9. The predicted molar refractivity (Wildman–Crippen MR) is 104 cm³/mol. The number of carbonyl (C=O) groups is 1. The molecule has 1 aromatic heterocycles. The van der Waals surface area contributed by atoms with Crippen LogP contribution in [0.1, 0.15) is 6.42 Å². The molecular weight excluding hydrogens is 418 g/mol. The van der Waals surface area contributed by atoms with Crippen LogP contribution in [0.25, 0.3) is 11.5 Å². The van der Waals surface area contributed by atoms with Crippen LogP contribution < -0.4 is 10.1 Å². The van der Waals surface area contributed by atoms with Crippen LogP contribution in [0.15, 0.2) is 62.6 Å². The molecule has 8 heteroatoms. The van der Waals surface area contributed by atoms with Gasteiger partial charge in [-0.2, -0.15) is 0 Å². The summed E-state index contributed by atoms with van der Waals surface area (Å²) in [5, 5.41) is 11.3. The summed E-state index contributed by atoms with van der Waals surface area (Å²) in [6.45, 7) is 0. The van der Waals surface area contributed by atoms with Crippen molar-refractivity contribution in [1.29, 1.82) is 0 Å². The number of halogens is 1. The highest BCUT2D eigenvalue weighted by molar-refractivity contribution is 9.10. The number of nitrogens with zero attached hydrogens (tertiary/aromatic N) is 2. The highest BCUT2D eigenvalue weighted by Gasteiger charge is 2.11. The summed E-state index contributed by atoms with van der Waals surface area (Å²) in [6, 6.07) is 14.8. The fourth-order valence-electron chi connectivity index (χ4n) is 2.13. The molecule has 0 spiro atoms. The van der Waals surface area contributed by atoms with Gasteiger partial charge in [-0.1, -0.05) is 33.8 Å². The molecule has 6 nitrogen and oxygen atoms in total. The molecule has 0 aliphatic carbocycles. The number of hydrogen-bond acceptors (Lipinski definition) is 6. The molecule has 1 amide bonds. The van der Waals surface area contributed by atoms with Crippen LogP contribution in [-0.2, 0) is 4.79 Å². The van der Waals surface area contributed by atoms with Gasteiger partial charge in [-0.3, -0.25) is 4.79 Å². The average Bonchev–Trinajstić information content (AvgIpc) is 3.13. The Kier molecular flexibility index (Phi) is 6.30. The maximum absolute atomic E-state index is 12.0. The number of rotatable bonds is 7. The summed E-state index contributed by atoms with van der Waals surface area (Å²) in [6.07, 6.45) is 0.345. The Hall–Kier alpha value is -2.32. The third-order valence-electron chi connectivity index (χ3n) is 3.41. The number of amides is 1. The van der Waals surface area contributed by atoms with E-state index in [1.54, 1.807) is 7.11 Å². The number of aromatic nitrogens is 2. The molecule has 1 N–H and O–H groups in total. The topological polar surface area (TPSA) is 77.2 Å². The van der Waals surface area contributed by atoms with Gasteiger partial charge in [0.2, 0.25) is 11.8 Å². The van der Waals surface area contributed by atoms with Gasteiger partial charge in [-0.05, 0) is 42.5 Å². The largest absolute Gasteiger partial charge is 0.497 e. The smallest absolute Gasteiger partial charge is 0.276 e. The van der Waals surface area contributed by atoms with E-state index >= 15 is 0 Å². The number of ether oxygens (including phenoxy) is 1. The van der Waals surface area contributed by atoms with Crippen molar-refractivity contribution in [3.63, 3.8) is 0 Å². The van der Waals surface area contributed by atoms with Crippen LogP contribution in [-0.4, -0.2) is 29.0 Å². The summed E-state index contributed by atoms with van der Waals surface area (Å²) in [4.78, 5) is 12.0. The normalized spacial score (nSPS) is 10.5. The van der Waals surface area contributed by atoms with Gasteiger partial charge in [0.1, 0.15) is 5.75 Å². The summed E-state index contributed by atoms with van der Waals surface area (Å²) in [5.41, 5.74) is 1.55. The van der Waals surface area contributed by atoms with Crippen LogP contribution >= 0.6 is 27.7 Å². The van der Waals surface area contributed by atoms with Crippen molar-refractivity contribution in [2.45, 2.75) is 11.6 Å². The zero-order chi connectivity index (χ0) is 18.4. The van der Waals surface area contributed by atoms with Crippen molar-refractivity contribution in [2.24, 2.45) is 0 Å². The zero-order valence-corrected chi connectivity index (χ0v) is 16.3. The van der Waals surface area contributed by atoms with Crippen molar-refractivity contribution >= 4 is 39.3 Å². The van der Waals surface area contributed by atoms with Gasteiger partial charge in [0.15, 0.2) is 0 Å². The van der Waals surface area contributed by atoms with Crippen LogP contribution in [0.2, 0.25) is 0 Å². The van der Waals surface area contributed by atoms with Gasteiger partial charge in [0.25, 0.3) is 5.22 Å². The van der Waals surface area contributed by atoms with Crippen molar-refractivity contribution in [2.75, 3.05) is 18.2 Å². The maximum Gasteiger partial charge on any atom is 0.276 e. The van der Waals surface area contributed by atoms with Crippen LogP contribution in [0.5, 0.6) is 5.75 Å². The Morgan fingerprint density at radius 1 is 1.23 bits per heavy atom. The highest BCUT2D eigenvalue weighted by atomic mass is 79.9. The first kappa shape index (κ1) is 18.5. The van der Waals surface area contributed by atoms with Gasteiger partial charge in [0.05, 0.1) is 7.11 Å². The van der Waals surface area contributed by atoms with Crippen molar-refractivity contribution in [3.05, 3.63) is 53.0 Å². The molecule has 0 aliphatic rings. The maximum atomic E-state index is 12.0. The molecule has 0 saturated heterocycles. The number of methoxy groups -OCH3 is 1. The van der Waals surface area contributed by atoms with Gasteiger partial charge >= 0.3 is 0 Å². The average molecular weight is 434 g/mol. The fourth-order valence-corrected chi connectivity index (χ4v) is 3.09. The number of benzene rings is 2. The second-order valence-corrected chi connectivity index (χ2v) is 7.22. The lowest BCUT2D eigenvalue weighted by atomic mass is 10.2. The molecule has 0 unspecified atom stereocenters. The number of hydrogen-bond donors (Lipinski definition) is 1. The Balaban J connectivity index is 1.50. The SMILES string of the molecule is COc1cccc(-c2nnc(SCCC(=O)Nc3ccc(Br)cc3)o2)c1. The van der Waals surface area contributed by atoms with Gasteiger partial charge in [-0.15, -0.1) is 10.2 Å². The van der Waals surface area contributed by atoms with E-state index in [-0.39, 0.29) is 5.91 Å². The fraction of sp³-hybridized carbons (Fsp3) is 0.167. The van der Waals surface area contributed by atoms with Crippen molar-refractivity contribution < 1.29 is 13.9 Å².